The predicted octanol–water partition coefficient (Wildman–Crippen LogP) is 1.96. The van der Waals surface area contributed by atoms with Gasteiger partial charge in [0.15, 0.2) is 5.82 Å². The second-order valence-electron chi connectivity index (χ2n) is 4.65. The van der Waals surface area contributed by atoms with E-state index in [1.807, 2.05) is 25.1 Å². The fourth-order valence-electron chi connectivity index (χ4n) is 1.93. The Labute approximate surface area is 116 Å². The van der Waals surface area contributed by atoms with Gasteiger partial charge in [0.1, 0.15) is 0 Å². The molecule has 1 unspecified atom stereocenters. The molecule has 6 nitrogen and oxygen atoms in total. The molecule has 0 aliphatic heterocycles. The Balaban J connectivity index is 1.91. The van der Waals surface area contributed by atoms with Crippen molar-refractivity contribution in [2.24, 2.45) is 5.73 Å². The number of rotatable bonds is 4. The maximum atomic E-state index is 5.89. The van der Waals surface area contributed by atoms with E-state index in [2.05, 4.69) is 20.1 Å². The minimum absolute atomic E-state index is 0.0583. The van der Waals surface area contributed by atoms with Crippen LogP contribution in [0.5, 0.6) is 0 Å². The molecule has 1 aromatic carbocycles. The zero-order valence-corrected chi connectivity index (χ0v) is 11.2. The first-order valence-electron chi connectivity index (χ1n) is 6.55. The fourth-order valence-corrected chi connectivity index (χ4v) is 1.93. The minimum atomic E-state index is 0.0583. The summed E-state index contributed by atoms with van der Waals surface area (Å²) < 4.78 is 5.28. The second kappa shape index (κ2) is 5.34. The Bertz CT molecular complexity index is 724. The van der Waals surface area contributed by atoms with Crippen molar-refractivity contribution in [3.8, 4) is 11.5 Å². The molecule has 20 heavy (non-hydrogen) atoms. The fraction of sp³-hybridized carbons (Fsp3) is 0.286. The smallest absolute Gasteiger partial charge is 0.257 e. The zero-order chi connectivity index (χ0) is 13.9. The number of nitrogens with zero attached hydrogens (tertiary/aromatic N) is 4. The van der Waals surface area contributed by atoms with Crippen molar-refractivity contribution in [2.75, 3.05) is 0 Å². The summed E-state index contributed by atoms with van der Waals surface area (Å²) in [4.78, 5) is 12.9. The summed E-state index contributed by atoms with van der Waals surface area (Å²) >= 11 is 0. The van der Waals surface area contributed by atoms with E-state index in [1.165, 1.54) is 0 Å². The van der Waals surface area contributed by atoms with Gasteiger partial charge in [-0.2, -0.15) is 4.98 Å². The van der Waals surface area contributed by atoms with Crippen LogP contribution in [0.1, 0.15) is 19.2 Å². The molecular weight excluding hydrogens is 254 g/mol. The zero-order valence-electron chi connectivity index (χ0n) is 11.2. The van der Waals surface area contributed by atoms with Crippen LogP contribution in [0.3, 0.4) is 0 Å². The summed E-state index contributed by atoms with van der Waals surface area (Å²) in [7, 11) is 0. The first-order valence-corrected chi connectivity index (χ1v) is 6.55. The molecule has 0 aliphatic rings. The van der Waals surface area contributed by atoms with Crippen LogP contribution >= 0.6 is 0 Å². The van der Waals surface area contributed by atoms with E-state index in [0.29, 0.717) is 18.1 Å². The molecule has 3 rings (SSSR count). The number of nitrogens with two attached hydrogens (primary N) is 1. The average molecular weight is 269 g/mol. The van der Waals surface area contributed by atoms with Gasteiger partial charge in [-0.1, -0.05) is 12.1 Å². The maximum Gasteiger partial charge on any atom is 0.257 e. The van der Waals surface area contributed by atoms with Crippen LogP contribution in [0.4, 0.5) is 0 Å². The first kappa shape index (κ1) is 12.7. The number of fused-ring (bicyclic) bond motifs is 1. The molecule has 0 saturated heterocycles. The Morgan fingerprint density at radius 2 is 2.00 bits per heavy atom. The highest BCUT2D eigenvalue weighted by Crippen LogP contribution is 2.21. The van der Waals surface area contributed by atoms with Crippen molar-refractivity contribution in [2.45, 2.75) is 25.8 Å². The molecule has 6 heteroatoms. The molecular formula is C14H15N5O. The van der Waals surface area contributed by atoms with Crippen LogP contribution in [0.25, 0.3) is 22.5 Å². The van der Waals surface area contributed by atoms with E-state index >= 15 is 0 Å². The van der Waals surface area contributed by atoms with E-state index in [1.54, 1.807) is 12.4 Å². The number of aromatic nitrogens is 4. The van der Waals surface area contributed by atoms with Crippen molar-refractivity contribution in [3.05, 3.63) is 36.4 Å². The average Bonchev–Trinajstić information content (AvgIpc) is 2.95. The molecule has 2 heterocycles. The van der Waals surface area contributed by atoms with Crippen molar-refractivity contribution in [1.29, 1.82) is 0 Å². The van der Waals surface area contributed by atoms with Crippen LogP contribution in [0, 0.1) is 0 Å². The molecule has 102 valence electrons. The monoisotopic (exact) mass is 269 g/mol. The van der Waals surface area contributed by atoms with Gasteiger partial charge in [0.05, 0.1) is 11.0 Å². The Morgan fingerprint density at radius 3 is 2.80 bits per heavy atom. The van der Waals surface area contributed by atoms with Crippen molar-refractivity contribution >= 4 is 11.0 Å². The van der Waals surface area contributed by atoms with E-state index in [9.17, 15) is 0 Å². The SMILES string of the molecule is CCC(N)Cc1noc(-c2ccc3nccnc3c2)n1. The highest BCUT2D eigenvalue weighted by atomic mass is 16.5. The van der Waals surface area contributed by atoms with Gasteiger partial charge in [-0.25, -0.2) is 0 Å². The first-order chi connectivity index (χ1) is 9.76. The largest absolute Gasteiger partial charge is 0.334 e. The van der Waals surface area contributed by atoms with E-state index in [4.69, 9.17) is 10.3 Å². The van der Waals surface area contributed by atoms with Gasteiger partial charge in [-0.15, -0.1) is 0 Å². The number of benzene rings is 1. The maximum absolute atomic E-state index is 5.89. The quantitative estimate of drug-likeness (QED) is 0.778. The number of hydrogen-bond donors (Lipinski definition) is 1. The summed E-state index contributed by atoms with van der Waals surface area (Å²) in [6.45, 7) is 2.04. The van der Waals surface area contributed by atoms with Gasteiger partial charge in [-0.3, -0.25) is 9.97 Å². The van der Waals surface area contributed by atoms with Crippen molar-refractivity contribution in [1.82, 2.24) is 20.1 Å². The molecule has 2 N–H and O–H groups in total. The van der Waals surface area contributed by atoms with Gasteiger partial charge >= 0.3 is 0 Å². The van der Waals surface area contributed by atoms with Crippen LogP contribution < -0.4 is 5.73 Å². The van der Waals surface area contributed by atoms with E-state index in [-0.39, 0.29) is 6.04 Å². The molecule has 0 radical (unpaired) electrons. The third-order valence-corrected chi connectivity index (χ3v) is 3.15. The lowest BCUT2D eigenvalue weighted by Gasteiger charge is -2.02. The highest BCUT2D eigenvalue weighted by Gasteiger charge is 2.12. The summed E-state index contributed by atoms with van der Waals surface area (Å²) in [5, 5.41) is 3.96. The van der Waals surface area contributed by atoms with E-state index in [0.717, 1.165) is 23.0 Å². The summed E-state index contributed by atoms with van der Waals surface area (Å²) in [5.74, 6) is 1.12. The Morgan fingerprint density at radius 1 is 1.20 bits per heavy atom. The van der Waals surface area contributed by atoms with Gasteiger partial charge < -0.3 is 10.3 Å². The summed E-state index contributed by atoms with van der Waals surface area (Å²) in [6, 6.07) is 5.73. The minimum Gasteiger partial charge on any atom is -0.334 e. The van der Waals surface area contributed by atoms with Gasteiger partial charge in [0, 0.05) is 30.4 Å². The molecule has 0 amide bonds. The third-order valence-electron chi connectivity index (χ3n) is 3.15. The lowest BCUT2D eigenvalue weighted by atomic mass is 10.1. The third kappa shape index (κ3) is 2.50. The molecule has 0 fully saturated rings. The lowest BCUT2D eigenvalue weighted by Crippen LogP contribution is -2.21. The number of hydrogen-bond acceptors (Lipinski definition) is 6. The van der Waals surface area contributed by atoms with E-state index < -0.39 is 0 Å². The summed E-state index contributed by atoms with van der Waals surface area (Å²) in [5.41, 5.74) is 8.36. The second-order valence-corrected chi connectivity index (χ2v) is 4.65. The van der Waals surface area contributed by atoms with Gasteiger partial charge in [-0.05, 0) is 24.6 Å². The highest BCUT2D eigenvalue weighted by molar-refractivity contribution is 5.79. The molecule has 0 bridgehead atoms. The van der Waals surface area contributed by atoms with Crippen LogP contribution in [-0.4, -0.2) is 26.2 Å². The molecule has 0 aliphatic carbocycles. The molecule has 0 spiro atoms. The molecule has 2 aromatic heterocycles. The molecule has 0 saturated carbocycles. The Hall–Kier alpha value is -2.34. The van der Waals surface area contributed by atoms with Crippen LogP contribution in [-0.2, 0) is 6.42 Å². The van der Waals surface area contributed by atoms with Crippen LogP contribution in [0.2, 0.25) is 0 Å². The Kier molecular flexibility index (Phi) is 3.39. The topological polar surface area (TPSA) is 90.7 Å². The summed E-state index contributed by atoms with van der Waals surface area (Å²) in [6.07, 6.45) is 4.83. The van der Waals surface area contributed by atoms with Crippen molar-refractivity contribution < 1.29 is 4.52 Å². The molecule has 3 aromatic rings. The standard InChI is InChI=1S/C14H15N5O/c1-2-10(15)8-13-18-14(20-19-13)9-3-4-11-12(7-9)17-6-5-16-11/h3-7,10H,2,8,15H2,1H3. The van der Waals surface area contributed by atoms with Gasteiger partial charge in [0.25, 0.3) is 5.89 Å². The van der Waals surface area contributed by atoms with Crippen molar-refractivity contribution in [3.63, 3.8) is 0 Å². The lowest BCUT2D eigenvalue weighted by molar-refractivity contribution is 0.419. The molecule has 1 atom stereocenters. The van der Waals surface area contributed by atoms with Crippen LogP contribution in [0.15, 0.2) is 35.1 Å². The predicted molar refractivity (Wildman–Crippen MR) is 74.8 cm³/mol. The van der Waals surface area contributed by atoms with Gasteiger partial charge in [0.2, 0.25) is 0 Å². The normalized spacial score (nSPS) is 12.7.